The molecule has 2 atom stereocenters. The van der Waals surface area contributed by atoms with Crippen LogP contribution >= 0.6 is 0 Å². The number of carbonyl (C=O) groups is 1. The molecule has 0 radical (unpaired) electrons. The molecule has 2 N–H and O–H groups in total. The number of hydrogen-bond donors (Lipinski definition) is 2. The van der Waals surface area contributed by atoms with Crippen molar-refractivity contribution in [2.75, 3.05) is 39.4 Å². The van der Waals surface area contributed by atoms with E-state index in [0.717, 1.165) is 95.7 Å². The van der Waals surface area contributed by atoms with Crippen molar-refractivity contribution in [3.05, 3.63) is 35.9 Å². The molecule has 3 aliphatic heterocycles. The van der Waals surface area contributed by atoms with E-state index in [1.165, 1.54) is 11.1 Å². The van der Waals surface area contributed by atoms with Crippen molar-refractivity contribution in [1.82, 2.24) is 15.1 Å². The number of oxime groups is 1. The molecule has 8 nitrogen and oxygen atoms in total. The molecule has 1 aliphatic carbocycles. The Morgan fingerprint density at radius 2 is 1.79 bits per heavy atom. The highest BCUT2D eigenvalue weighted by molar-refractivity contribution is 5.84. The van der Waals surface area contributed by atoms with Crippen molar-refractivity contribution in [3.63, 3.8) is 0 Å². The number of likely N-dealkylation sites (tertiary alicyclic amines) is 2. The molecule has 4 aliphatic rings. The number of hydrogen-bond acceptors (Lipinski definition) is 7. The molecule has 0 saturated carbocycles. The Bertz CT molecular complexity index is 1010. The molecular formula is C31H46N4O4. The van der Waals surface area contributed by atoms with E-state index in [9.17, 15) is 4.79 Å². The van der Waals surface area contributed by atoms with E-state index in [1.54, 1.807) is 0 Å². The predicted molar refractivity (Wildman–Crippen MR) is 153 cm³/mol. The summed E-state index contributed by atoms with van der Waals surface area (Å²) in [5.74, 6) is 3.74. The maximum atomic E-state index is 13.0. The number of carbonyl (C=O) groups excluding carboxylic acids is 1. The summed E-state index contributed by atoms with van der Waals surface area (Å²) in [4.78, 5) is 23.0. The van der Waals surface area contributed by atoms with Gasteiger partial charge in [-0.2, -0.15) is 0 Å². The van der Waals surface area contributed by atoms with Gasteiger partial charge in [0.2, 0.25) is 5.91 Å². The van der Waals surface area contributed by atoms with Gasteiger partial charge in [-0.1, -0.05) is 37.2 Å². The lowest BCUT2D eigenvalue weighted by molar-refractivity contribution is -0.137. The third-order valence-electron chi connectivity index (χ3n) is 8.98. The molecule has 5 rings (SSSR count). The predicted octanol–water partition coefficient (Wildman–Crippen LogP) is 4.45. The number of amides is 1. The zero-order valence-corrected chi connectivity index (χ0v) is 23.7. The zero-order valence-electron chi connectivity index (χ0n) is 23.7. The third kappa shape index (κ3) is 7.14. The second-order valence-corrected chi connectivity index (χ2v) is 12.0. The van der Waals surface area contributed by atoms with E-state index in [-0.39, 0.29) is 18.9 Å². The Hall–Kier alpha value is -2.58. The average molecular weight is 539 g/mol. The van der Waals surface area contributed by atoms with E-state index in [2.05, 4.69) is 64.5 Å². The number of nitrogens with zero attached hydrogens (tertiary/aromatic N) is 3. The molecular weight excluding hydrogens is 492 g/mol. The fourth-order valence-corrected chi connectivity index (χ4v) is 6.25. The maximum absolute atomic E-state index is 13.0. The van der Waals surface area contributed by atoms with Gasteiger partial charge in [0.05, 0.1) is 6.61 Å². The number of amidine groups is 1. The molecule has 2 saturated heterocycles. The lowest BCUT2D eigenvalue weighted by Gasteiger charge is -2.35. The first kappa shape index (κ1) is 28.0. The SMILES string of the molecule is CC(C)C1=NOC(N2CCC(COc3ccc(C4=CCC(C(=O)N5CCC(CCO)CC5)CC4)cc3)CC2)N1. The molecule has 0 spiro atoms. The molecule has 3 heterocycles. The number of piperidine rings is 2. The van der Waals surface area contributed by atoms with Gasteiger partial charge in [-0.25, -0.2) is 4.90 Å². The summed E-state index contributed by atoms with van der Waals surface area (Å²) in [5, 5.41) is 16.7. The first-order valence-corrected chi connectivity index (χ1v) is 15.1. The van der Waals surface area contributed by atoms with E-state index < -0.39 is 0 Å². The standard InChI is InChI=1S/C31H46N4O4/c1-22(2)29-32-31(39-33-29)35-18-13-24(14-19-35)21-38-28-9-7-26(8-10-28)25-3-5-27(6-4-25)30(37)34-16-11-23(12-17-34)15-20-36/h3,7-10,22-24,27,31,36H,4-6,11-21H2,1-2H3,(H,32,33). The molecule has 2 fully saturated rings. The molecule has 1 amide bonds. The number of nitrogens with one attached hydrogen (secondary N) is 1. The van der Waals surface area contributed by atoms with Crippen LogP contribution in [0.2, 0.25) is 0 Å². The van der Waals surface area contributed by atoms with Gasteiger partial charge >= 0.3 is 0 Å². The van der Waals surface area contributed by atoms with Gasteiger partial charge in [0.1, 0.15) is 11.6 Å². The van der Waals surface area contributed by atoms with Gasteiger partial charge in [-0.05, 0) is 86.5 Å². The van der Waals surface area contributed by atoms with Crippen LogP contribution in [0.15, 0.2) is 35.5 Å². The summed E-state index contributed by atoms with van der Waals surface area (Å²) in [6.07, 6.45) is 9.92. The summed E-state index contributed by atoms with van der Waals surface area (Å²) >= 11 is 0. The third-order valence-corrected chi connectivity index (χ3v) is 8.98. The maximum Gasteiger partial charge on any atom is 0.256 e. The average Bonchev–Trinajstić information content (AvgIpc) is 3.48. The number of allylic oxidation sites excluding steroid dienone is 2. The number of aliphatic hydroxyl groups excluding tert-OH is 1. The Morgan fingerprint density at radius 3 is 2.41 bits per heavy atom. The summed E-state index contributed by atoms with van der Waals surface area (Å²) in [6, 6.07) is 8.49. The molecule has 214 valence electrons. The fraction of sp³-hybridized carbons (Fsp3) is 0.677. The molecule has 8 heteroatoms. The van der Waals surface area contributed by atoms with Gasteiger partial charge in [0.25, 0.3) is 6.35 Å². The van der Waals surface area contributed by atoms with Crippen LogP contribution in [-0.4, -0.2) is 72.4 Å². The first-order chi connectivity index (χ1) is 19.0. The van der Waals surface area contributed by atoms with Gasteiger partial charge in [0.15, 0.2) is 0 Å². The Balaban J connectivity index is 1.02. The van der Waals surface area contributed by atoms with Crippen molar-refractivity contribution in [2.24, 2.45) is 28.8 Å². The van der Waals surface area contributed by atoms with Crippen LogP contribution in [0.25, 0.3) is 5.57 Å². The van der Waals surface area contributed by atoms with Gasteiger partial charge in [-0.15, -0.1) is 0 Å². The van der Waals surface area contributed by atoms with Crippen LogP contribution < -0.4 is 10.1 Å². The highest BCUT2D eigenvalue weighted by Crippen LogP contribution is 2.33. The lowest BCUT2D eigenvalue weighted by Crippen LogP contribution is -2.49. The molecule has 2 unspecified atom stereocenters. The topological polar surface area (TPSA) is 86.6 Å². The monoisotopic (exact) mass is 538 g/mol. The molecule has 1 aromatic carbocycles. The van der Waals surface area contributed by atoms with Gasteiger partial charge < -0.3 is 24.9 Å². The summed E-state index contributed by atoms with van der Waals surface area (Å²) < 4.78 is 6.16. The minimum atomic E-state index is -0.130. The molecule has 0 aromatic heterocycles. The Labute approximate surface area is 233 Å². The van der Waals surface area contributed by atoms with Crippen LogP contribution in [0.4, 0.5) is 0 Å². The minimum Gasteiger partial charge on any atom is -0.493 e. The van der Waals surface area contributed by atoms with Crippen molar-refractivity contribution < 1.29 is 19.5 Å². The Morgan fingerprint density at radius 1 is 1.08 bits per heavy atom. The number of aliphatic hydroxyl groups is 1. The summed E-state index contributed by atoms with van der Waals surface area (Å²) in [7, 11) is 0. The van der Waals surface area contributed by atoms with Gasteiger partial charge in [0, 0.05) is 44.6 Å². The second kappa shape index (κ2) is 13.2. The fourth-order valence-electron chi connectivity index (χ4n) is 6.25. The largest absolute Gasteiger partial charge is 0.493 e. The molecule has 39 heavy (non-hydrogen) atoms. The van der Waals surface area contributed by atoms with Crippen molar-refractivity contribution in [3.8, 4) is 5.75 Å². The van der Waals surface area contributed by atoms with Crippen LogP contribution in [0.5, 0.6) is 5.75 Å². The summed E-state index contributed by atoms with van der Waals surface area (Å²) in [5.41, 5.74) is 2.57. The van der Waals surface area contributed by atoms with Crippen molar-refractivity contribution in [2.45, 2.75) is 71.6 Å². The number of benzene rings is 1. The first-order valence-electron chi connectivity index (χ1n) is 15.1. The minimum absolute atomic E-state index is 0.109. The lowest BCUT2D eigenvalue weighted by atomic mass is 9.85. The van der Waals surface area contributed by atoms with Crippen LogP contribution in [0.3, 0.4) is 0 Å². The van der Waals surface area contributed by atoms with Gasteiger partial charge in [-0.3, -0.25) is 4.79 Å². The number of ether oxygens (including phenoxy) is 1. The van der Waals surface area contributed by atoms with Crippen LogP contribution in [0.1, 0.15) is 70.8 Å². The highest BCUT2D eigenvalue weighted by atomic mass is 16.7. The van der Waals surface area contributed by atoms with E-state index in [4.69, 9.17) is 14.7 Å². The van der Waals surface area contributed by atoms with Crippen molar-refractivity contribution >= 4 is 17.3 Å². The highest BCUT2D eigenvalue weighted by Gasteiger charge is 2.31. The van der Waals surface area contributed by atoms with E-state index in [1.807, 2.05) is 0 Å². The smallest absolute Gasteiger partial charge is 0.256 e. The van der Waals surface area contributed by atoms with E-state index in [0.29, 0.717) is 23.7 Å². The zero-order chi connectivity index (χ0) is 27.2. The van der Waals surface area contributed by atoms with Crippen molar-refractivity contribution in [1.29, 1.82) is 0 Å². The van der Waals surface area contributed by atoms with Crippen LogP contribution in [0, 0.1) is 23.7 Å². The quantitative estimate of drug-likeness (QED) is 0.483. The summed E-state index contributed by atoms with van der Waals surface area (Å²) in [6.45, 7) is 8.87. The Kier molecular flexibility index (Phi) is 9.45. The number of rotatable bonds is 9. The second-order valence-electron chi connectivity index (χ2n) is 12.0. The van der Waals surface area contributed by atoms with Crippen LogP contribution in [-0.2, 0) is 9.63 Å². The van der Waals surface area contributed by atoms with E-state index >= 15 is 0 Å². The molecule has 1 aromatic rings. The normalized spacial score (nSPS) is 25.2. The molecule has 0 bridgehead atoms.